The lowest BCUT2D eigenvalue weighted by molar-refractivity contribution is 0.348. The topological polar surface area (TPSA) is 119 Å². The van der Waals surface area contributed by atoms with Gasteiger partial charge in [0.05, 0.1) is 0 Å². The summed E-state index contributed by atoms with van der Waals surface area (Å²) in [7, 11) is 0. The first-order chi connectivity index (χ1) is 10.3. The van der Waals surface area contributed by atoms with E-state index in [0.717, 1.165) is 6.42 Å². The predicted molar refractivity (Wildman–Crippen MR) is 77.6 cm³/mol. The van der Waals surface area contributed by atoms with Crippen LogP contribution in [0, 0.1) is 5.92 Å². The maximum absolute atomic E-state index is 5.43. The van der Waals surface area contributed by atoms with Gasteiger partial charge in [-0.15, -0.1) is 0 Å². The van der Waals surface area contributed by atoms with Gasteiger partial charge in [-0.1, -0.05) is 19.8 Å². The highest BCUT2D eigenvalue weighted by atomic mass is 15.4. The Hall–Kier alpha value is -2.29. The van der Waals surface area contributed by atoms with Gasteiger partial charge in [0.15, 0.2) is 0 Å². The van der Waals surface area contributed by atoms with Crippen molar-refractivity contribution in [3.8, 4) is 5.95 Å². The van der Waals surface area contributed by atoms with E-state index in [-0.39, 0.29) is 0 Å². The highest BCUT2D eigenvalue weighted by Crippen LogP contribution is 2.26. The summed E-state index contributed by atoms with van der Waals surface area (Å²) in [4.78, 5) is 16.7. The van der Waals surface area contributed by atoms with E-state index in [1.807, 2.05) is 0 Å². The van der Waals surface area contributed by atoms with Gasteiger partial charge >= 0.3 is 0 Å². The van der Waals surface area contributed by atoms with Crippen LogP contribution in [0.4, 0.5) is 11.9 Å². The Labute approximate surface area is 122 Å². The third kappa shape index (κ3) is 3.07. The molecule has 0 amide bonds. The van der Waals surface area contributed by atoms with Crippen LogP contribution in [0.1, 0.15) is 32.6 Å². The van der Waals surface area contributed by atoms with Gasteiger partial charge in [0, 0.05) is 6.04 Å². The molecule has 9 nitrogen and oxygen atoms in total. The summed E-state index contributed by atoms with van der Waals surface area (Å²) in [5, 5.41) is 7.41. The van der Waals surface area contributed by atoms with E-state index in [9.17, 15) is 0 Å². The summed E-state index contributed by atoms with van der Waals surface area (Å²) in [6.07, 6.45) is 7.82. The third-order valence-corrected chi connectivity index (χ3v) is 3.80. The molecule has 1 fully saturated rings. The molecular formula is C12H19N9. The smallest absolute Gasteiger partial charge is 0.258 e. The molecule has 112 valence electrons. The fourth-order valence-electron chi connectivity index (χ4n) is 2.60. The number of nitrogens with one attached hydrogen (secondary N) is 2. The van der Waals surface area contributed by atoms with E-state index in [4.69, 9.17) is 5.84 Å². The van der Waals surface area contributed by atoms with Crippen LogP contribution < -0.4 is 16.6 Å². The first-order valence-corrected chi connectivity index (χ1v) is 7.10. The number of hydrogen-bond donors (Lipinski definition) is 3. The molecule has 1 aliphatic carbocycles. The first kappa shape index (κ1) is 13.7. The molecule has 0 aliphatic heterocycles. The van der Waals surface area contributed by atoms with Crippen LogP contribution >= 0.6 is 0 Å². The van der Waals surface area contributed by atoms with E-state index in [1.54, 1.807) is 0 Å². The lowest BCUT2D eigenvalue weighted by Gasteiger charge is -2.29. The molecule has 2 aromatic heterocycles. The van der Waals surface area contributed by atoms with E-state index in [2.05, 4.69) is 42.7 Å². The lowest BCUT2D eigenvalue weighted by atomic mass is 9.86. The molecule has 0 spiro atoms. The van der Waals surface area contributed by atoms with Crippen molar-refractivity contribution in [2.45, 2.75) is 38.6 Å². The van der Waals surface area contributed by atoms with Crippen molar-refractivity contribution in [2.75, 3.05) is 10.7 Å². The van der Waals surface area contributed by atoms with Crippen molar-refractivity contribution in [1.82, 2.24) is 29.7 Å². The summed E-state index contributed by atoms with van der Waals surface area (Å²) in [5.74, 6) is 7.19. The summed E-state index contributed by atoms with van der Waals surface area (Å²) in [5.41, 5.74) is 2.45. The number of rotatable bonds is 4. The average Bonchev–Trinajstić information content (AvgIpc) is 3.04. The zero-order valence-electron chi connectivity index (χ0n) is 11.9. The number of nitrogens with two attached hydrogens (primary N) is 1. The van der Waals surface area contributed by atoms with Gasteiger partial charge in [0.25, 0.3) is 5.95 Å². The molecule has 2 atom stereocenters. The largest absolute Gasteiger partial charge is 0.351 e. The molecule has 0 saturated heterocycles. The second kappa shape index (κ2) is 6.00. The van der Waals surface area contributed by atoms with E-state index >= 15 is 0 Å². The maximum atomic E-state index is 5.43. The summed E-state index contributed by atoms with van der Waals surface area (Å²) < 4.78 is 1.47. The highest BCUT2D eigenvalue weighted by Gasteiger charge is 2.22. The number of hydrogen-bond acceptors (Lipinski definition) is 8. The Morgan fingerprint density at radius 2 is 2.00 bits per heavy atom. The highest BCUT2D eigenvalue weighted by molar-refractivity contribution is 5.37. The van der Waals surface area contributed by atoms with Crippen LogP contribution in [0.15, 0.2) is 12.7 Å². The fraction of sp³-hybridized carbons (Fsp3) is 0.583. The van der Waals surface area contributed by atoms with Crippen LogP contribution in [0.2, 0.25) is 0 Å². The third-order valence-electron chi connectivity index (χ3n) is 3.80. The van der Waals surface area contributed by atoms with Gasteiger partial charge < -0.3 is 5.32 Å². The van der Waals surface area contributed by atoms with Gasteiger partial charge in [0.1, 0.15) is 12.7 Å². The predicted octanol–water partition coefficient (Wildman–Crippen LogP) is 0.728. The molecule has 0 aromatic carbocycles. The van der Waals surface area contributed by atoms with Crippen LogP contribution in [-0.4, -0.2) is 35.8 Å². The first-order valence-electron chi connectivity index (χ1n) is 7.10. The number of anilines is 2. The SMILES string of the molecule is CC1CCCCC1Nc1nc(NN)nc(-n2cncn2)n1. The molecule has 4 N–H and O–H groups in total. The maximum Gasteiger partial charge on any atom is 0.258 e. The Morgan fingerprint density at radius 1 is 1.19 bits per heavy atom. The second-order valence-electron chi connectivity index (χ2n) is 5.28. The van der Waals surface area contributed by atoms with Gasteiger partial charge in [-0.05, 0) is 18.8 Å². The molecule has 3 rings (SSSR count). The van der Waals surface area contributed by atoms with Crippen molar-refractivity contribution in [1.29, 1.82) is 0 Å². The van der Waals surface area contributed by atoms with Crippen molar-refractivity contribution in [3.05, 3.63) is 12.7 Å². The quantitative estimate of drug-likeness (QED) is 0.556. The minimum atomic E-state index is 0.293. The Kier molecular flexibility index (Phi) is 3.91. The molecule has 0 radical (unpaired) electrons. The molecule has 9 heteroatoms. The summed E-state index contributed by atoms with van der Waals surface area (Å²) >= 11 is 0. The van der Waals surface area contributed by atoms with Crippen LogP contribution in [-0.2, 0) is 0 Å². The van der Waals surface area contributed by atoms with Crippen molar-refractivity contribution in [2.24, 2.45) is 11.8 Å². The molecule has 0 bridgehead atoms. The Morgan fingerprint density at radius 3 is 2.71 bits per heavy atom. The molecule has 2 unspecified atom stereocenters. The zero-order chi connectivity index (χ0) is 14.7. The number of nitrogen functional groups attached to an aromatic ring is 1. The van der Waals surface area contributed by atoms with Crippen LogP contribution in [0.5, 0.6) is 0 Å². The standard InChI is InChI=1S/C12H19N9/c1-8-4-2-3-5-9(8)16-10-17-11(20-13)19-12(18-10)21-7-14-6-15-21/h6-9H,2-5,13H2,1H3,(H2,16,17,18,19,20). The lowest BCUT2D eigenvalue weighted by Crippen LogP contribution is -2.31. The van der Waals surface area contributed by atoms with Gasteiger partial charge in [0.2, 0.25) is 11.9 Å². The summed E-state index contributed by atoms with van der Waals surface area (Å²) in [6, 6.07) is 0.371. The molecule has 2 aromatic rings. The minimum absolute atomic E-state index is 0.293. The van der Waals surface area contributed by atoms with Gasteiger partial charge in [-0.25, -0.2) is 10.8 Å². The number of aromatic nitrogens is 6. The van der Waals surface area contributed by atoms with Crippen molar-refractivity contribution >= 4 is 11.9 Å². The van der Waals surface area contributed by atoms with E-state index < -0.39 is 0 Å². The normalized spacial score (nSPS) is 22.0. The van der Waals surface area contributed by atoms with Gasteiger partial charge in [-0.3, -0.25) is 5.43 Å². The average molecular weight is 289 g/mol. The zero-order valence-corrected chi connectivity index (χ0v) is 11.9. The fourth-order valence-corrected chi connectivity index (χ4v) is 2.60. The molecule has 2 heterocycles. The van der Waals surface area contributed by atoms with Crippen molar-refractivity contribution in [3.63, 3.8) is 0 Å². The monoisotopic (exact) mass is 289 g/mol. The summed E-state index contributed by atoms with van der Waals surface area (Å²) in [6.45, 7) is 2.25. The Bertz CT molecular complexity index is 582. The molecule has 1 aliphatic rings. The van der Waals surface area contributed by atoms with E-state index in [1.165, 1.54) is 36.6 Å². The molecule has 1 saturated carbocycles. The number of nitrogens with zero attached hydrogens (tertiary/aromatic N) is 6. The van der Waals surface area contributed by atoms with Crippen LogP contribution in [0.25, 0.3) is 5.95 Å². The number of hydrazine groups is 1. The second-order valence-corrected chi connectivity index (χ2v) is 5.28. The van der Waals surface area contributed by atoms with Crippen LogP contribution in [0.3, 0.4) is 0 Å². The Balaban J connectivity index is 1.85. The van der Waals surface area contributed by atoms with Crippen molar-refractivity contribution < 1.29 is 0 Å². The van der Waals surface area contributed by atoms with Gasteiger partial charge in [-0.2, -0.15) is 24.7 Å². The van der Waals surface area contributed by atoms with E-state index in [0.29, 0.717) is 29.8 Å². The minimum Gasteiger partial charge on any atom is -0.351 e. The molecular weight excluding hydrogens is 270 g/mol. The molecule has 21 heavy (non-hydrogen) atoms.